The van der Waals surface area contributed by atoms with Crippen molar-refractivity contribution in [1.82, 2.24) is 18.9 Å². The fraction of sp³-hybridized carbons (Fsp3) is 0.333. The molecular weight excluding hydrogens is 371 g/mol. The molecule has 0 bridgehead atoms. The summed E-state index contributed by atoms with van der Waals surface area (Å²) in [6.45, 7) is 0.675. The number of hydrogen-bond acceptors (Lipinski definition) is 5. The SMILES string of the molecule is COc1ccc(S(=O)(=O)N2CCCC(c3nnc4ccccn34)C2)cc1F. The lowest BCUT2D eigenvalue weighted by molar-refractivity contribution is 0.308. The summed E-state index contributed by atoms with van der Waals surface area (Å²) in [5, 5.41) is 8.41. The van der Waals surface area contributed by atoms with Crippen LogP contribution in [0.1, 0.15) is 24.6 Å². The number of pyridine rings is 1. The molecule has 0 N–H and O–H groups in total. The van der Waals surface area contributed by atoms with Crippen LogP contribution in [0.5, 0.6) is 5.75 Å². The van der Waals surface area contributed by atoms with Gasteiger partial charge in [-0.05, 0) is 43.2 Å². The first-order valence-corrected chi connectivity index (χ1v) is 10.1. The summed E-state index contributed by atoms with van der Waals surface area (Å²) in [5.74, 6) is -0.0172. The molecule has 9 heteroatoms. The molecule has 1 saturated heterocycles. The van der Waals surface area contributed by atoms with E-state index in [9.17, 15) is 12.8 Å². The molecule has 3 aromatic rings. The largest absolute Gasteiger partial charge is 0.494 e. The second-order valence-electron chi connectivity index (χ2n) is 6.49. The number of aromatic nitrogens is 3. The smallest absolute Gasteiger partial charge is 0.243 e. The van der Waals surface area contributed by atoms with Crippen molar-refractivity contribution in [2.24, 2.45) is 0 Å². The van der Waals surface area contributed by atoms with E-state index >= 15 is 0 Å². The third kappa shape index (κ3) is 3.17. The summed E-state index contributed by atoms with van der Waals surface area (Å²) < 4.78 is 48.1. The predicted octanol–water partition coefficient (Wildman–Crippen LogP) is 2.45. The zero-order valence-corrected chi connectivity index (χ0v) is 15.6. The lowest BCUT2D eigenvalue weighted by Gasteiger charge is -2.31. The summed E-state index contributed by atoms with van der Waals surface area (Å²) in [6.07, 6.45) is 3.39. The normalized spacial score (nSPS) is 18.7. The van der Waals surface area contributed by atoms with E-state index in [-0.39, 0.29) is 23.1 Å². The van der Waals surface area contributed by atoms with E-state index in [1.807, 2.05) is 28.8 Å². The first-order chi connectivity index (χ1) is 13.0. The Balaban J connectivity index is 1.63. The fourth-order valence-corrected chi connectivity index (χ4v) is 5.00. The molecule has 7 nitrogen and oxygen atoms in total. The van der Waals surface area contributed by atoms with Gasteiger partial charge in [0.2, 0.25) is 10.0 Å². The summed E-state index contributed by atoms with van der Waals surface area (Å²) in [7, 11) is -2.47. The molecule has 27 heavy (non-hydrogen) atoms. The molecule has 2 aromatic heterocycles. The van der Waals surface area contributed by atoms with E-state index in [2.05, 4.69) is 10.2 Å². The van der Waals surface area contributed by atoms with Crippen LogP contribution in [0.15, 0.2) is 47.5 Å². The van der Waals surface area contributed by atoms with Gasteiger partial charge in [0.05, 0.1) is 12.0 Å². The van der Waals surface area contributed by atoms with Crippen molar-refractivity contribution in [2.45, 2.75) is 23.7 Å². The van der Waals surface area contributed by atoms with Gasteiger partial charge in [-0.25, -0.2) is 12.8 Å². The summed E-state index contributed by atoms with van der Waals surface area (Å²) in [6, 6.07) is 9.32. The molecule has 1 aliphatic heterocycles. The number of methoxy groups -OCH3 is 1. The third-order valence-electron chi connectivity index (χ3n) is 4.85. The molecule has 1 atom stereocenters. The Kier molecular flexibility index (Phi) is 4.56. The van der Waals surface area contributed by atoms with Gasteiger partial charge in [0.25, 0.3) is 0 Å². The average molecular weight is 390 g/mol. The molecule has 0 spiro atoms. The summed E-state index contributed by atoms with van der Waals surface area (Å²) >= 11 is 0. The van der Waals surface area contributed by atoms with Gasteiger partial charge in [0.1, 0.15) is 5.82 Å². The van der Waals surface area contributed by atoms with Crippen molar-refractivity contribution in [3.63, 3.8) is 0 Å². The lowest BCUT2D eigenvalue weighted by Crippen LogP contribution is -2.39. The molecule has 0 amide bonds. The molecule has 1 aliphatic rings. The molecule has 1 aromatic carbocycles. The average Bonchev–Trinajstić information content (AvgIpc) is 3.12. The Morgan fingerprint density at radius 3 is 2.85 bits per heavy atom. The quantitative estimate of drug-likeness (QED) is 0.684. The molecule has 0 aliphatic carbocycles. The van der Waals surface area contributed by atoms with Crippen LogP contribution in [0.25, 0.3) is 5.65 Å². The zero-order valence-electron chi connectivity index (χ0n) is 14.7. The monoisotopic (exact) mass is 390 g/mol. The number of sulfonamides is 1. The van der Waals surface area contributed by atoms with Crippen molar-refractivity contribution < 1.29 is 17.5 Å². The second kappa shape index (κ2) is 6.90. The highest BCUT2D eigenvalue weighted by Gasteiger charge is 2.33. The Morgan fingerprint density at radius 2 is 2.07 bits per heavy atom. The van der Waals surface area contributed by atoms with Gasteiger partial charge >= 0.3 is 0 Å². The van der Waals surface area contributed by atoms with Crippen LogP contribution < -0.4 is 4.74 Å². The number of halogens is 1. The topological polar surface area (TPSA) is 76.8 Å². The molecule has 142 valence electrons. The maximum atomic E-state index is 14.0. The van der Waals surface area contributed by atoms with Gasteiger partial charge in [0, 0.05) is 25.2 Å². The van der Waals surface area contributed by atoms with E-state index in [0.29, 0.717) is 13.0 Å². The third-order valence-corrected chi connectivity index (χ3v) is 6.71. The van der Waals surface area contributed by atoms with E-state index in [4.69, 9.17) is 4.74 Å². The highest BCUT2D eigenvalue weighted by atomic mass is 32.2. The summed E-state index contributed by atoms with van der Waals surface area (Å²) in [5.41, 5.74) is 0.727. The first-order valence-electron chi connectivity index (χ1n) is 8.64. The van der Waals surface area contributed by atoms with Gasteiger partial charge in [-0.3, -0.25) is 4.40 Å². The highest BCUT2D eigenvalue weighted by Crippen LogP contribution is 2.30. The van der Waals surface area contributed by atoms with Gasteiger partial charge in [0.15, 0.2) is 17.2 Å². The van der Waals surface area contributed by atoms with Crippen LogP contribution in [0.2, 0.25) is 0 Å². The lowest BCUT2D eigenvalue weighted by atomic mass is 9.99. The van der Waals surface area contributed by atoms with E-state index in [1.165, 1.54) is 23.5 Å². The number of benzene rings is 1. The molecule has 3 heterocycles. The Bertz CT molecular complexity index is 1080. The van der Waals surface area contributed by atoms with Crippen LogP contribution >= 0.6 is 0 Å². The number of hydrogen-bond donors (Lipinski definition) is 0. The zero-order chi connectivity index (χ0) is 19.0. The molecule has 0 radical (unpaired) electrons. The van der Waals surface area contributed by atoms with E-state index in [0.717, 1.165) is 24.0 Å². The number of ether oxygens (including phenoxy) is 1. The Morgan fingerprint density at radius 1 is 1.22 bits per heavy atom. The molecule has 4 rings (SSSR count). The molecule has 0 saturated carbocycles. The van der Waals surface area contributed by atoms with Crippen molar-refractivity contribution in [2.75, 3.05) is 20.2 Å². The number of piperidine rings is 1. The van der Waals surface area contributed by atoms with Gasteiger partial charge < -0.3 is 4.74 Å². The fourth-order valence-electron chi connectivity index (χ4n) is 3.47. The summed E-state index contributed by atoms with van der Waals surface area (Å²) in [4.78, 5) is -0.0763. The van der Waals surface area contributed by atoms with Gasteiger partial charge in [-0.15, -0.1) is 10.2 Å². The van der Waals surface area contributed by atoms with Crippen LogP contribution in [0, 0.1) is 5.82 Å². The minimum atomic E-state index is -3.81. The Labute approximate surface area is 156 Å². The van der Waals surface area contributed by atoms with Crippen LogP contribution in [-0.2, 0) is 10.0 Å². The molecule has 1 unspecified atom stereocenters. The first kappa shape index (κ1) is 17.9. The van der Waals surface area contributed by atoms with E-state index in [1.54, 1.807) is 0 Å². The van der Waals surface area contributed by atoms with Crippen LogP contribution in [-0.4, -0.2) is 47.5 Å². The van der Waals surface area contributed by atoms with Crippen molar-refractivity contribution in [3.05, 3.63) is 54.2 Å². The number of nitrogens with zero attached hydrogens (tertiary/aromatic N) is 4. The van der Waals surface area contributed by atoms with Crippen molar-refractivity contribution in [3.8, 4) is 5.75 Å². The highest BCUT2D eigenvalue weighted by molar-refractivity contribution is 7.89. The van der Waals surface area contributed by atoms with Gasteiger partial charge in [-0.1, -0.05) is 6.07 Å². The maximum Gasteiger partial charge on any atom is 0.243 e. The minimum absolute atomic E-state index is 0.0143. The van der Waals surface area contributed by atoms with Crippen LogP contribution in [0.3, 0.4) is 0 Å². The number of rotatable bonds is 4. The van der Waals surface area contributed by atoms with Gasteiger partial charge in [-0.2, -0.15) is 4.31 Å². The number of fused-ring (bicyclic) bond motifs is 1. The Hall–Kier alpha value is -2.52. The minimum Gasteiger partial charge on any atom is -0.494 e. The second-order valence-corrected chi connectivity index (χ2v) is 8.42. The predicted molar refractivity (Wildman–Crippen MR) is 96.7 cm³/mol. The standard InChI is InChI=1S/C18H19FN4O3S/c1-26-16-8-7-14(11-15(16)19)27(24,25)22-9-4-5-13(12-22)18-21-20-17-6-2-3-10-23(17)18/h2-3,6-8,10-11,13H,4-5,9,12H2,1H3. The molecule has 1 fully saturated rings. The molecular formula is C18H19FN4O3S. The van der Waals surface area contributed by atoms with Crippen molar-refractivity contribution >= 4 is 15.7 Å². The van der Waals surface area contributed by atoms with Crippen LogP contribution in [0.4, 0.5) is 4.39 Å². The maximum absolute atomic E-state index is 14.0. The van der Waals surface area contributed by atoms with Crippen molar-refractivity contribution in [1.29, 1.82) is 0 Å². The van der Waals surface area contributed by atoms with E-state index < -0.39 is 15.8 Å².